The molecule has 21 heavy (non-hydrogen) atoms. The maximum atomic E-state index is 13.8. The van der Waals surface area contributed by atoms with Crippen molar-refractivity contribution in [1.82, 2.24) is 14.9 Å². The van der Waals surface area contributed by atoms with Crippen LogP contribution in [0.1, 0.15) is 24.7 Å². The van der Waals surface area contributed by atoms with E-state index in [1.54, 1.807) is 6.20 Å². The summed E-state index contributed by atoms with van der Waals surface area (Å²) in [6.07, 6.45) is 5.87. The predicted molar refractivity (Wildman–Crippen MR) is 79.1 cm³/mol. The van der Waals surface area contributed by atoms with E-state index in [2.05, 4.69) is 17.2 Å². The van der Waals surface area contributed by atoms with Gasteiger partial charge in [0, 0.05) is 38.0 Å². The summed E-state index contributed by atoms with van der Waals surface area (Å²) in [6.45, 7) is 2.95. The average molecular weight is 293 g/mol. The van der Waals surface area contributed by atoms with E-state index in [0.29, 0.717) is 18.4 Å². The Labute approximate surface area is 124 Å². The summed E-state index contributed by atoms with van der Waals surface area (Å²) >= 11 is 0. The fourth-order valence-electron chi connectivity index (χ4n) is 2.33. The fourth-order valence-corrected chi connectivity index (χ4v) is 2.33. The second kappa shape index (κ2) is 7.31. The van der Waals surface area contributed by atoms with E-state index in [9.17, 15) is 8.78 Å². The highest BCUT2D eigenvalue weighted by molar-refractivity contribution is 5.20. The Morgan fingerprint density at radius 2 is 2.10 bits per heavy atom. The first kappa shape index (κ1) is 15.6. The average Bonchev–Trinajstić information content (AvgIpc) is 2.84. The zero-order valence-corrected chi connectivity index (χ0v) is 12.4. The van der Waals surface area contributed by atoms with E-state index >= 15 is 0 Å². The molecule has 1 heterocycles. The van der Waals surface area contributed by atoms with Crippen molar-refractivity contribution in [3.8, 4) is 0 Å². The molecule has 2 aromatic rings. The third kappa shape index (κ3) is 4.36. The number of aromatic nitrogens is 2. The van der Waals surface area contributed by atoms with Crippen molar-refractivity contribution in [1.29, 1.82) is 0 Å². The van der Waals surface area contributed by atoms with Gasteiger partial charge < -0.3 is 9.88 Å². The van der Waals surface area contributed by atoms with Gasteiger partial charge in [0.2, 0.25) is 0 Å². The highest BCUT2D eigenvalue weighted by atomic mass is 19.1. The molecule has 2 rings (SSSR count). The molecular weight excluding hydrogens is 272 g/mol. The maximum Gasteiger partial charge on any atom is 0.129 e. The monoisotopic (exact) mass is 293 g/mol. The smallest absolute Gasteiger partial charge is 0.129 e. The van der Waals surface area contributed by atoms with E-state index in [4.69, 9.17) is 0 Å². The Balaban J connectivity index is 2.10. The molecule has 1 aromatic heterocycles. The lowest BCUT2D eigenvalue weighted by molar-refractivity contribution is 0.477. The van der Waals surface area contributed by atoms with E-state index in [-0.39, 0.29) is 6.04 Å². The molecular formula is C16H21F2N3. The van der Waals surface area contributed by atoms with Crippen LogP contribution in [-0.2, 0) is 19.9 Å². The highest BCUT2D eigenvalue weighted by Gasteiger charge is 2.15. The van der Waals surface area contributed by atoms with Crippen molar-refractivity contribution in [2.75, 3.05) is 6.54 Å². The van der Waals surface area contributed by atoms with Crippen LogP contribution >= 0.6 is 0 Å². The van der Waals surface area contributed by atoms with Gasteiger partial charge in [-0.05, 0) is 31.0 Å². The van der Waals surface area contributed by atoms with E-state index in [1.165, 1.54) is 12.1 Å². The summed E-state index contributed by atoms with van der Waals surface area (Å²) in [5.74, 6) is -0.0809. The zero-order chi connectivity index (χ0) is 15.2. The van der Waals surface area contributed by atoms with Crippen LogP contribution in [0.5, 0.6) is 0 Å². The van der Waals surface area contributed by atoms with Crippen molar-refractivity contribution >= 4 is 0 Å². The summed E-state index contributed by atoms with van der Waals surface area (Å²) in [4.78, 5) is 4.31. The van der Waals surface area contributed by atoms with Crippen LogP contribution in [0.15, 0.2) is 30.6 Å². The lowest BCUT2D eigenvalue weighted by Crippen LogP contribution is -2.34. The molecule has 0 aliphatic rings. The SMILES string of the molecule is CCCNC(Cc1ccc(F)cc1F)Cc1nccn1C. The van der Waals surface area contributed by atoms with Gasteiger partial charge in [-0.3, -0.25) is 0 Å². The Kier molecular flexibility index (Phi) is 5.44. The van der Waals surface area contributed by atoms with E-state index in [1.807, 2.05) is 17.8 Å². The van der Waals surface area contributed by atoms with E-state index < -0.39 is 11.6 Å². The Morgan fingerprint density at radius 3 is 2.71 bits per heavy atom. The van der Waals surface area contributed by atoms with Gasteiger partial charge in [-0.2, -0.15) is 0 Å². The number of nitrogens with one attached hydrogen (secondary N) is 1. The number of aryl methyl sites for hydroxylation is 1. The first-order valence-electron chi connectivity index (χ1n) is 7.23. The van der Waals surface area contributed by atoms with Crippen molar-refractivity contribution < 1.29 is 8.78 Å². The van der Waals surface area contributed by atoms with Gasteiger partial charge in [0.15, 0.2) is 0 Å². The maximum absolute atomic E-state index is 13.8. The quantitative estimate of drug-likeness (QED) is 0.850. The molecule has 1 aromatic carbocycles. The highest BCUT2D eigenvalue weighted by Crippen LogP contribution is 2.13. The minimum Gasteiger partial charge on any atom is -0.338 e. The van der Waals surface area contributed by atoms with Gasteiger partial charge in [-0.1, -0.05) is 13.0 Å². The molecule has 0 saturated heterocycles. The van der Waals surface area contributed by atoms with E-state index in [0.717, 1.165) is 24.9 Å². The van der Waals surface area contributed by atoms with Crippen molar-refractivity contribution in [2.45, 2.75) is 32.2 Å². The molecule has 1 N–H and O–H groups in total. The number of benzene rings is 1. The van der Waals surface area contributed by atoms with Crippen LogP contribution in [0.3, 0.4) is 0 Å². The zero-order valence-electron chi connectivity index (χ0n) is 12.4. The van der Waals surface area contributed by atoms with Crippen LogP contribution in [0, 0.1) is 11.6 Å². The molecule has 0 aliphatic carbocycles. The minimum absolute atomic E-state index is 0.0750. The Morgan fingerprint density at radius 1 is 1.29 bits per heavy atom. The molecule has 0 saturated carbocycles. The normalized spacial score (nSPS) is 12.6. The van der Waals surface area contributed by atoms with Crippen molar-refractivity contribution in [3.05, 3.63) is 53.6 Å². The number of halogens is 2. The molecule has 0 spiro atoms. The molecule has 1 atom stereocenters. The van der Waals surface area contributed by atoms with Gasteiger partial charge in [0.05, 0.1) is 0 Å². The minimum atomic E-state index is -0.543. The van der Waals surface area contributed by atoms with Gasteiger partial charge in [-0.15, -0.1) is 0 Å². The van der Waals surface area contributed by atoms with Crippen LogP contribution in [0.25, 0.3) is 0 Å². The molecule has 0 fully saturated rings. The molecule has 0 bridgehead atoms. The molecule has 1 unspecified atom stereocenters. The van der Waals surface area contributed by atoms with Crippen molar-refractivity contribution in [3.63, 3.8) is 0 Å². The van der Waals surface area contributed by atoms with Gasteiger partial charge in [0.1, 0.15) is 17.5 Å². The molecule has 5 heteroatoms. The molecule has 114 valence electrons. The summed E-state index contributed by atoms with van der Waals surface area (Å²) in [7, 11) is 1.94. The number of hydrogen-bond donors (Lipinski definition) is 1. The Hall–Kier alpha value is -1.75. The topological polar surface area (TPSA) is 29.9 Å². The Bertz CT molecular complexity index is 581. The summed E-state index contributed by atoms with van der Waals surface area (Å²) in [5, 5.41) is 3.41. The third-order valence-corrected chi connectivity index (χ3v) is 3.51. The standard InChI is InChI=1S/C16H21F2N3/c1-3-6-19-14(11-16-20-7-8-21(16)2)9-12-4-5-13(17)10-15(12)18/h4-5,7-8,10,14,19H,3,6,9,11H2,1-2H3. The number of hydrogen-bond acceptors (Lipinski definition) is 2. The van der Waals surface area contributed by atoms with Gasteiger partial charge in [0.25, 0.3) is 0 Å². The molecule has 0 radical (unpaired) electrons. The van der Waals surface area contributed by atoms with Crippen LogP contribution in [-0.4, -0.2) is 22.1 Å². The largest absolute Gasteiger partial charge is 0.338 e. The lowest BCUT2D eigenvalue weighted by Gasteiger charge is -2.19. The predicted octanol–water partition coefficient (Wildman–Crippen LogP) is 2.85. The molecule has 0 aliphatic heterocycles. The number of rotatable bonds is 7. The molecule has 3 nitrogen and oxygen atoms in total. The summed E-state index contributed by atoms with van der Waals surface area (Å²) in [5.41, 5.74) is 0.527. The van der Waals surface area contributed by atoms with Gasteiger partial charge in [-0.25, -0.2) is 13.8 Å². The van der Waals surface area contributed by atoms with Crippen molar-refractivity contribution in [2.24, 2.45) is 7.05 Å². The van der Waals surface area contributed by atoms with Crippen LogP contribution in [0.2, 0.25) is 0 Å². The third-order valence-electron chi connectivity index (χ3n) is 3.51. The lowest BCUT2D eigenvalue weighted by atomic mass is 10.0. The fraction of sp³-hybridized carbons (Fsp3) is 0.438. The van der Waals surface area contributed by atoms with Crippen LogP contribution in [0.4, 0.5) is 8.78 Å². The number of imidazole rings is 1. The first-order valence-corrected chi connectivity index (χ1v) is 7.23. The first-order chi connectivity index (χ1) is 10.1. The van der Waals surface area contributed by atoms with Gasteiger partial charge >= 0.3 is 0 Å². The second-order valence-corrected chi connectivity index (χ2v) is 5.25. The second-order valence-electron chi connectivity index (χ2n) is 5.25. The summed E-state index contributed by atoms with van der Waals surface area (Å²) in [6, 6.07) is 3.83. The van der Waals surface area contributed by atoms with Crippen LogP contribution < -0.4 is 5.32 Å². The summed E-state index contributed by atoms with van der Waals surface area (Å²) < 4.78 is 28.7. The number of nitrogens with zero attached hydrogens (tertiary/aromatic N) is 2. The molecule has 0 amide bonds.